The van der Waals surface area contributed by atoms with E-state index in [1.807, 2.05) is 0 Å². The molecule has 1 saturated heterocycles. The Kier molecular flexibility index (Phi) is 4.23. The van der Waals surface area contributed by atoms with Crippen molar-refractivity contribution in [1.82, 2.24) is 4.90 Å². The summed E-state index contributed by atoms with van der Waals surface area (Å²) in [7, 11) is 0. The van der Waals surface area contributed by atoms with Crippen LogP contribution in [0.5, 0.6) is 5.75 Å². The largest absolute Gasteiger partial charge is 0.493 e. The maximum atomic E-state index is 6.59. The molecule has 2 heterocycles. The van der Waals surface area contributed by atoms with E-state index in [1.165, 1.54) is 42.6 Å². The van der Waals surface area contributed by atoms with Crippen LogP contribution in [0, 0.1) is 25.7 Å². The van der Waals surface area contributed by atoms with E-state index in [-0.39, 0.29) is 6.04 Å². The van der Waals surface area contributed by atoms with Gasteiger partial charge >= 0.3 is 0 Å². The van der Waals surface area contributed by atoms with E-state index >= 15 is 0 Å². The summed E-state index contributed by atoms with van der Waals surface area (Å²) in [6.07, 6.45) is 2.68. The topological polar surface area (TPSA) is 38.5 Å². The van der Waals surface area contributed by atoms with Gasteiger partial charge < -0.3 is 15.4 Å². The molecule has 3 atom stereocenters. The normalized spacial score (nSPS) is 29.8. The summed E-state index contributed by atoms with van der Waals surface area (Å²) in [5, 5.41) is 0. The molecule has 1 aromatic rings. The van der Waals surface area contributed by atoms with Crippen molar-refractivity contribution in [2.45, 2.75) is 39.7 Å². The van der Waals surface area contributed by atoms with Gasteiger partial charge in [-0.1, -0.05) is 13.0 Å². The first-order valence-corrected chi connectivity index (χ1v) is 8.26. The van der Waals surface area contributed by atoms with E-state index in [2.05, 4.69) is 37.8 Å². The van der Waals surface area contributed by atoms with Crippen LogP contribution in [0.2, 0.25) is 0 Å². The molecule has 0 amide bonds. The van der Waals surface area contributed by atoms with Crippen LogP contribution in [0.25, 0.3) is 0 Å². The minimum absolute atomic E-state index is 0.103. The minimum Gasteiger partial charge on any atom is -0.493 e. The average Bonchev–Trinajstić information content (AvgIpc) is 2.41. The number of aryl methyl sites for hydroxylation is 2. The summed E-state index contributed by atoms with van der Waals surface area (Å²) < 4.78 is 6.03. The molecule has 2 N–H and O–H groups in total. The van der Waals surface area contributed by atoms with Crippen LogP contribution >= 0.6 is 0 Å². The van der Waals surface area contributed by atoms with Gasteiger partial charge in [0.2, 0.25) is 0 Å². The molecule has 0 aromatic heterocycles. The maximum absolute atomic E-state index is 6.59. The number of nitrogens with two attached hydrogens (primary N) is 1. The van der Waals surface area contributed by atoms with Crippen LogP contribution < -0.4 is 10.5 Å². The third-order valence-corrected chi connectivity index (χ3v) is 5.02. The van der Waals surface area contributed by atoms with E-state index in [4.69, 9.17) is 10.5 Å². The molecule has 3 rings (SSSR count). The molecule has 1 aromatic carbocycles. The van der Waals surface area contributed by atoms with Crippen LogP contribution in [0.1, 0.15) is 42.5 Å². The maximum Gasteiger partial charge on any atom is 0.124 e. The summed E-state index contributed by atoms with van der Waals surface area (Å²) in [6.45, 7) is 10.9. The molecule has 3 unspecified atom stereocenters. The molecule has 21 heavy (non-hydrogen) atoms. The van der Waals surface area contributed by atoms with E-state index in [9.17, 15) is 0 Å². The van der Waals surface area contributed by atoms with Gasteiger partial charge in [-0.15, -0.1) is 0 Å². The molecule has 0 radical (unpaired) electrons. The first kappa shape index (κ1) is 14.9. The predicted octanol–water partition coefficient (Wildman–Crippen LogP) is 3.04. The van der Waals surface area contributed by atoms with Gasteiger partial charge in [0.1, 0.15) is 5.75 Å². The molecule has 1 fully saturated rings. The number of piperidine rings is 1. The third kappa shape index (κ3) is 3.09. The van der Waals surface area contributed by atoms with Crippen LogP contribution in [-0.4, -0.2) is 31.1 Å². The lowest BCUT2D eigenvalue weighted by Gasteiger charge is -2.38. The van der Waals surface area contributed by atoms with Gasteiger partial charge in [0.05, 0.1) is 6.61 Å². The molecule has 0 aliphatic carbocycles. The lowest BCUT2D eigenvalue weighted by Crippen LogP contribution is -2.44. The van der Waals surface area contributed by atoms with E-state index in [0.717, 1.165) is 24.8 Å². The summed E-state index contributed by atoms with van der Waals surface area (Å²) in [4.78, 5) is 2.58. The summed E-state index contributed by atoms with van der Waals surface area (Å²) >= 11 is 0. The number of rotatable bonds is 2. The Morgan fingerprint density at radius 3 is 2.90 bits per heavy atom. The van der Waals surface area contributed by atoms with E-state index < -0.39 is 0 Å². The molecular weight excluding hydrogens is 260 g/mol. The number of ether oxygens (including phenoxy) is 1. The first-order valence-electron chi connectivity index (χ1n) is 8.26. The van der Waals surface area contributed by atoms with Gasteiger partial charge in [-0.2, -0.15) is 0 Å². The van der Waals surface area contributed by atoms with Gasteiger partial charge in [-0.05, 0) is 56.3 Å². The molecule has 2 aliphatic heterocycles. The van der Waals surface area contributed by atoms with Crippen molar-refractivity contribution in [3.63, 3.8) is 0 Å². The average molecular weight is 288 g/mol. The Labute approximate surface area is 128 Å². The van der Waals surface area contributed by atoms with Crippen LogP contribution in [0.4, 0.5) is 0 Å². The van der Waals surface area contributed by atoms with Gasteiger partial charge in [-0.3, -0.25) is 0 Å². The molecule has 116 valence electrons. The fourth-order valence-electron chi connectivity index (χ4n) is 3.97. The molecule has 0 bridgehead atoms. The fourth-order valence-corrected chi connectivity index (χ4v) is 3.97. The van der Waals surface area contributed by atoms with Crippen molar-refractivity contribution < 1.29 is 4.74 Å². The Bertz CT molecular complexity index is 514. The van der Waals surface area contributed by atoms with Crippen molar-refractivity contribution >= 4 is 0 Å². The molecule has 0 saturated carbocycles. The molecule has 2 aliphatic rings. The highest BCUT2D eigenvalue weighted by Gasteiger charge is 2.31. The summed E-state index contributed by atoms with van der Waals surface area (Å²) in [5.41, 5.74) is 10.3. The van der Waals surface area contributed by atoms with Crippen molar-refractivity contribution in [2.75, 3.05) is 26.2 Å². The SMILES string of the molecule is Cc1cc(C)c2c(c1)OCC(CN1CCCC(C)C1)C2N. The second-order valence-electron chi connectivity index (χ2n) is 7.10. The third-order valence-electron chi connectivity index (χ3n) is 5.02. The van der Waals surface area contributed by atoms with Gasteiger partial charge in [0, 0.05) is 30.6 Å². The number of likely N-dealkylation sites (tertiary alicyclic amines) is 1. The van der Waals surface area contributed by atoms with Gasteiger partial charge in [0.25, 0.3) is 0 Å². The van der Waals surface area contributed by atoms with Crippen LogP contribution in [0.15, 0.2) is 12.1 Å². The lowest BCUT2D eigenvalue weighted by atomic mass is 9.86. The lowest BCUT2D eigenvalue weighted by molar-refractivity contribution is 0.109. The Morgan fingerprint density at radius 1 is 1.33 bits per heavy atom. The van der Waals surface area contributed by atoms with Crippen molar-refractivity contribution in [1.29, 1.82) is 0 Å². The van der Waals surface area contributed by atoms with Gasteiger partial charge in [-0.25, -0.2) is 0 Å². The standard InChI is InChI=1S/C18H28N2O/c1-12-5-4-6-20(9-12)10-15-11-21-16-8-13(2)7-14(3)17(16)18(15)19/h7-8,12,15,18H,4-6,9-11,19H2,1-3H3. The van der Waals surface area contributed by atoms with Crippen molar-refractivity contribution in [2.24, 2.45) is 17.6 Å². The monoisotopic (exact) mass is 288 g/mol. The number of fused-ring (bicyclic) bond motifs is 1. The first-order chi connectivity index (χ1) is 10.0. The smallest absolute Gasteiger partial charge is 0.124 e. The minimum atomic E-state index is 0.103. The Morgan fingerprint density at radius 2 is 2.14 bits per heavy atom. The summed E-state index contributed by atoms with van der Waals surface area (Å²) in [6, 6.07) is 4.45. The highest BCUT2D eigenvalue weighted by atomic mass is 16.5. The zero-order chi connectivity index (χ0) is 15.0. The number of nitrogens with zero attached hydrogens (tertiary/aromatic N) is 1. The zero-order valence-corrected chi connectivity index (χ0v) is 13.6. The Hall–Kier alpha value is -1.06. The Balaban J connectivity index is 1.74. The second-order valence-corrected chi connectivity index (χ2v) is 7.10. The molecular formula is C18H28N2O. The van der Waals surface area contributed by atoms with E-state index in [1.54, 1.807) is 0 Å². The zero-order valence-electron chi connectivity index (χ0n) is 13.6. The number of hydrogen-bond acceptors (Lipinski definition) is 3. The highest BCUT2D eigenvalue weighted by Crippen LogP contribution is 2.37. The van der Waals surface area contributed by atoms with Gasteiger partial charge in [0.15, 0.2) is 0 Å². The van der Waals surface area contributed by atoms with Crippen LogP contribution in [0.3, 0.4) is 0 Å². The number of hydrogen-bond donors (Lipinski definition) is 1. The number of benzene rings is 1. The molecule has 3 nitrogen and oxygen atoms in total. The quantitative estimate of drug-likeness (QED) is 0.909. The van der Waals surface area contributed by atoms with Crippen molar-refractivity contribution in [3.8, 4) is 5.75 Å². The predicted molar refractivity (Wildman–Crippen MR) is 86.7 cm³/mol. The van der Waals surface area contributed by atoms with E-state index in [0.29, 0.717) is 5.92 Å². The highest BCUT2D eigenvalue weighted by molar-refractivity contribution is 5.46. The van der Waals surface area contributed by atoms with Crippen molar-refractivity contribution in [3.05, 3.63) is 28.8 Å². The second kappa shape index (κ2) is 5.98. The summed E-state index contributed by atoms with van der Waals surface area (Å²) in [5.74, 6) is 2.23. The fraction of sp³-hybridized carbons (Fsp3) is 0.667. The molecule has 3 heteroatoms. The molecule has 0 spiro atoms. The van der Waals surface area contributed by atoms with Crippen LogP contribution in [-0.2, 0) is 0 Å².